The van der Waals surface area contributed by atoms with E-state index in [4.69, 9.17) is 16.7 Å². The number of carbonyl (C=O) groups excluding carboxylic acids is 1. The maximum absolute atomic E-state index is 13.1. The number of likely N-dealkylation sites (N-methyl/N-ethyl adjacent to an activating group) is 1. The first-order valence-corrected chi connectivity index (χ1v) is 15.0. The summed E-state index contributed by atoms with van der Waals surface area (Å²) in [5.74, 6) is 2.66. The number of aryl methyl sites for hydroxylation is 1. The fourth-order valence-electron chi connectivity index (χ4n) is 7.82. The monoisotopic (exact) mass is 525 g/mol. The highest BCUT2D eigenvalue weighted by molar-refractivity contribution is 6.31. The van der Waals surface area contributed by atoms with Crippen LogP contribution >= 0.6 is 11.6 Å². The number of nitrogens with zero attached hydrogens (tertiary/aromatic N) is 5. The summed E-state index contributed by atoms with van der Waals surface area (Å²) in [6.07, 6.45) is 12.1. The first-order valence-electron chi connectivity index (χ1n) is 14.6. The summed E-state index contributed by atoms with van der Waals surface area (Å²) in [7, 11) is 4.26. The number of anilines is 1. The van der Waals surface area contributed by atoms with E-state index in [1.807, 2.05) is 0 Å². The van der Waals surface area contributed by atoms with Crippen molar-refractivity contribution < 1.29 is 4.79 Å². The lowest BCUT2D eigenvalue weighted by molar-refractivity contribution is -0.144. The summed E-state index contributed by atoms with van der Waals surface area (Å²) in [5.41, 5.74) is 2.63. The average Bonchev–Trinajstić information content (AvgIpc) is 3.64. The van der Waals surface area contributed by atoms with Gasteiger partial charge < -0.3 is 14.7 Å². The standard InChI is InChI=1S/C30H44ClN5O/c1-21-8-9-24(16-26(21)31)36-27(22-6-4-5-7-22)17-28(32-36)34-14-11-30(12-15-34)18-23(19-30)29(37)35-13-10-25(20-35)33(2)3/h8-9,16,22-23,25,27H,4-7,10-15,17-20H2,1-3H3/t25-,27-/m1/s1. The van der Waals surface area contributed by atoms with Crippen molar-refractivity contribution in [3.05, 3.63) is 28.8 Å². The Morgan fingerprint density at radius 1 is 1.08 bits per heavy atom. The largest absolute Gasteiger partial charge is 0.359 e. The van der Waals surface area contributed by atoms with Crippen molar-refractivity contribution in [2.24, 2.45) is 22.4 Å². The molecule has 5 aliphatic rings. The molecule has 1 amide bonds. The second-order valence-electron chi connectivity index (χ2n) is 12.9. The van der Waals surface area contributed by atoms with Crippen LogP contribution in [0.15, 0.2) is 23.3 Å². The molecule has 2 saturated heterocycles. The zero-order valence-corrected chi connectivity index (χ0v) is 23.7. The highest BCUT2D eigenvalue weighted by Crippen LogP contribution is 2.53. The number of hydrazone groups is 1. The maximum Gasteiger partial charge on any atom is 0.225 e. The Labute approximate surface area is 228 Å². The van der Waals surface area contributed by atoms with Crippen LogP contribution in [-0.4, -0.2) is 78.8 Å². The van der Waals surface area contributed by atoms with Gasteiger partial charge in [-0.15, -0.1) is 0 Å². The van der Waals surface area contributed by atoms with Crippen LogP contribution in [0.5, 0.6) is 0 Å². The van der Waals surface area contributed by atoms with Gasteiger partial charge >= 0.3 is 0 Å². The fourth-order valence-corrected chi connectivity index (χ4v) is 7.99. The summed E-state index contributed by atoms with van der Waals surface area (Å²) in [6, 6.07) is 7.39. The van der Waals surface area contributed by atoms with Gasteiger partial charge in [0.15, 0.2) is 0 Å². The topological polar surface area (TPSA) is 42.4 Å². The summed E-state index contributed by atoms with van der Waals surface area (Å²) < 4.78 is 0. The summed E-state index contributed by atoms with van der Waals surface area (Å²) in [6.45, 7) is 6.06. The van der Waals surface area contributed by atoms with E-state index >= 15 is 0 Å². The van der Waals surface area contributed by atoms with Gasteiger partial charge in [-0.2, -0.15) is 5.10 Å². The van der Waals surface area contributed by atoms with Crippen molar-refractivity contribution >= 4 is 29.0 Å². The molecule has 7 heteroatoms. The molecule has 2 aliphatic carbocycles. The van der Waals surface area contributed by atoms with Crippen LogP contribution in [0.3, 0.4) is 0 Å². The fraction of sp³-hybridized carbons (Fsp3) is 0.733. The van der Waals surface area contributed by atoms with Gasteiger partial charge in [-0.25, -0.2) is 0 Å². The number of amides is 1. The molecule has 4 fully saturated rings. The van der Waals surface area contributed by atoms with Crippen molar-refractivity contribution in [3.63, 3.8) is 0 Å². The Morgan fingerprint density at radius 2 is 1.81 bits per heavy atom. The molecule has 202 valence electrons. The second kappa shape index (κ2) is 10.1. The van der Waals surface area contributed by atoms with Gasteiger partial charge in [-0.1, -0.05) is 30.5 Å². The zero-order chi connectivity index (χ0) is 25.7. The Bertz CT molecular complexity index is 1030. The lowest BCUT2D eigenvalue weighted by atomic mass is 9.57. The van der Waals surface area contributed by atoms with Gasteiger partial charge in [-0.05, 0) is 95.0 Å². The molecule has 37 heavy (non-hydrogen) atoms. The molecule has 0 unspecified atom stereocenters. The van der Waals surface area contributed by atoms with Gasteiger partial charge in [0.2, 0.25) is 5.91 Å². The van der Waals surface area contributed by atoms with Gasteiger partial charge in [0.1, 0.15) is 5.84 Å². The molecule has 6 rings (SSSR count). The van der Waals surface area contributed by atoms with Crippen LogP contribution in [0, 0.1) is 24.2 Å². The molecule has 1 spiro atoms. The SMILES string of the molecule is Cc1ccc(N2N=C(N3CCC4(CC3)CC(C(=O)N3CC[C@@H](N(C)C)C3)C4)C[C@@H]2C2CCCC2)cc1Cl. The summed E-state index contributed by atoms with van der Waals surface area (Å²) in [4.78, 5) is 20.1. The van der Waals surface area contributed by atoms with Crippen molar-refractivity contribution in [1.82, 2.24) is 14.7 Å². The van der Waals surface area contributed by atoms with E-state index in [1.54, 1.807) is 0 Å². The van der Waals surface area contributed by atoms with Gasteiger partial charge in [0.05, 0.1) is 11.7 Å². The van der Waals surface area contributed by atoms with E-state index in [9.17, 15) is 4.79 Å². The van der Waals surface area contributed by atoms with E-state index in [1.165, 1.54) is 44.4 Å². The van der Waals surface area contributed by atoms with Crippen molar-refractivity contribution in [3.8, 4) is 0 Å². The predicted octanol–water partition coefficient (Wildman–Crippen LogP) is 5.39. The summed E-state index contributed by atoms with van der Waals surface area (Å²) in [5, 5.41) is 8.37. The number of likely N-dealkylation sites (tertiary alicyclic amines) is 2. The zero-order valence-electron chi connectivity index (χ0n) is 23.0. The molecular weight excluding hydrogens is 482 g/mol. The van der Waals surface area contributed by atoms with Crippen LogP contribution in [0.25, 0.3) is 0 Å². The number of benzene rings is 1. The minimum atomic E-state index is 0.254. The number of hydrogen-bond acceptors (Lipinski definition) is 5. The maximum atomic E-state index is 13.1. The lowest BCUT2D eigenvalue weighted by Gasteiger charge is -2.52. The molecule has 0 bridgehead atoms. The third kappa shape index (κ3) is 4.89. The van der Waals surface area contributed by atoms with Crippen LogP contribution < -0.4 is 5.01 Å². The molecule has 1 aromatic carbocycles. The molecule has 3 heterocycles. The van der Waals surface area contributed by atoms with Crippen LogP contribution in [0.2, 0.25) is 5.02 Å². The molecular formula is C30H44ClN5O. The van der Waals surface area contributed by atoms with Crippen LogP contribution in [0.1, 0.15) is 69.8 Å². The van der Waals surface area contributed by atoms with Crippen molar-refractivity contribution in [2.45, 2.75) is 83.2 Å². The van der Waals surface area contributed by atoms with Crippen LogP contribution in [0.4, 0.5) is 5.69 Å². The Balaban J connectivity index is 1.07. The van der Waals surface area contributed by atoms with E-state index in [2.05, 4.69) is 58.9 Å². The number of piperidine rings is 1. The van der Waals surface area contributed by atoms with E-state index in [0.29, 0.717) is 29.3 Å². The minimum Gasteiger partial charge on any atom is -0.359 e. The molecule has 0 aromatic heterocycles. The third-order valence-electron chi connectivity index (χ3n) is 10.4. The molecule has 2 saturated carbocycles. The number of amidine groups is 1. The number of hydrogen-bond donors (Lipinski definition) is 0. The van der Waals surface area contributed by atoms with Gasteiger partial charge in [0, 0.05) is 49.6 Å². The molecule has 3 aliphatic heterocycles. The van der Waals surface area contributed by atoms with Gasteiger partial charge in [0.25, 0.3) is 0 Å². The quantitative estimate of drug-likeness (QED) is 0.529. The first kappa shape index (κ1) is 25.5. The molecule has 2 atom stereocenters. The average molecular weight is 526 g/mol. The lowest BCUT2D eigenvalue weighted by Crippen LogP contribution is -2.52. The molecule has 6 nitrogen and oxygen atoms in total. The Morgan fingerprint density at radius 3 is 2.46 bits per heavy atom. The Kier molecular flexibility index (Phi) is 6.94. The highest BCUT2D eigenvalue weighted by atomic mass is 35.5. The predicted molar refractivity (Wildman–Crippen MR) is 151 cm³/mol. The summed E-state index contributed by atoms with van der Waals surface area (Å²) >= 11 is 6.52. The number of halogens is 1. The van der Waals surface area contributed by atoms with Crippen molar-refractivity contribution in [2.75, 3.05) is 45.3 Å². The molecule has 0 radical (unpaired) electrons. The van der Waals surface area contributed by atoms with E-state index < -0.39 is 0 Å². The minimum absolute atomic E-state index is 0.254. The second-order valence-corrected chi connectivity index (χ2v) is 13.3. The normalized spacial score (nSPS) is 28.5. The number of carbonyl (C=O) groups is 1. The highest BCUT2D eigenvalue weighted by Gasteiger charge is 2.50. The smallest absolute Gasteiger partial charge is 0.225 e. The van der Waals surface area contributed by atoms with Crippen molar-refractivity contribution in [1.29, 1.82) is 0 Å². The Hall–Kier alpha value is -1.79. The van der Waals surface area contributed by atoms with E-state index in [0.717, 1.165) is 68.1 Å². The molecule has 1 aromatic rings. The van der Waals surface area contributed by atoms with E-state index in [-0.39, 0.29) is 5.92 Å². The van der Waals surface area contributed by atoms with Gasteiger partial charge in [-0.3, -0.25) is 9.80 Å². The first-order chi connectivity index (χ1) is 17.8. The number of rotatable bonds is 4. The van der Waals surface area contributed by atoms with Crippen LogP contribution in [-0.2, 0) is 4.79 Å². The molecule has 0 N–H and O–H groups in total. The third-order valence-corrected chi connectivity index (χ3v) is 10.8.